The van der Waals surface area contributed by atoms with Gasteiger partial charge in [0.25, 0.3) is 0 Å². The first-order valence-electron chi connectivity index (χ1n) is 3.58. The van der Waals surface area contributed by atoms with Crippen LogP contribution in [0.3, 0.4) is 0 Å². The summed E-state index contributed by atoms with van der Waals surface area (Å²) < 4.78 is 24.8. The van der Waals surface area contributed by atoms with Crippen LogP contribution in [-0.2, 0) is 10.0 Å². The van der Waals surface area contributed by atoms with Crippen LogP contribution in [0, 0.1) is 0 Å². The standard InChI is InChI=1S/C7H9NO2S/c9-11(10)7-4-2-1-3-6(7)5-8-11/h2,4,8H,1,3,5H2. The topological polar surface area (TPSA) is 46.2 Å². The van der Waals surface area contributed by atoms with E-state index >= 15 is 0 Å². The molecular weight excluding hydrogens is 162 g/mol. The molecule has 1 aliphatic carbocycles. The lowest BCUT2D eigenvalue weighted by atomic mass is 10.1. The van der Waals surface area contributed by atoms with Gasteiger partial charge in [-0.1, -0.05) is 6.08 Å². The van der Waals surface area contributed by atoms with Crippen LogP contribution >= 0.6 is 0 Å². The van der Waals surface area contributed by atoms with Gasteiger partial charge in [0.1, 0.15) is 0 Å². The van der Waals surface area contributed by atoms with E-state index in [1.54, 1.807) is 6.08 Å². The van der Waals surface area contributed by atoms with Crippen molar-refractivity contribution < 1.29 is 8.42 Å². The lowest BCUT2D eigenvalue weighted by Crippen LogP contribution is -2.17. The fourth-order valence-corrected chi connectivity index (χ4v) is 2.75. The number of hydrogen-bond donors (Lipinski definition) is 1. The normalized spacial score (nSPS) is 27.3. The maximum absolute atomic E-state index is 11.2. The molecule has 0 aromatic rings. The summed E-state index contributed by atoms with van der Waals surface area (Å²) in [5.41, 5.74) is 1.03. The van der Waals surface area contributed by atoms with Gasteiger partial charge in [0.2, 0.25) is 10.0 Å². The molecule has 0 radical (unpaired) electrons. The summed E-state index contributed by atoms with van der Waals surface area (Å²) in [7, 11) is -3.10. The lowest BCUT2D eigenvalue weighted by molar-refractivity contribution is 0.596. The van der Waals surface area contributed by atoms with Crippen LogP contribution in [0.15, 0.2) is 22.6 Å². The van der Waals surface area contributed by atoms with E-state index in [0.717, 1.165) is 18.4 Å². The molecule has 3 nitrogen and oxygen atoms in total. The van der Waals surface area contributed by atoms with E-state index in [-0.39, 0.29) is 0 Å². The van der Waals surface area contributed by atoms with Gasteiger partial charge < -0.3 is 0 Å². The Morgan fingerprint density at radius 3 is 3.00 bits per heavy atom. The molecule has 60 valence electrons. The molecule has 1 heterocycles. The van der Waals surface area contributed by atoms with Crippen molar-refractivity contribution in [3.8, 4) is 0 Å². The van der Waals surface area contributed by atoms with Gasteiger partial charge in [0.15, 0.2) is 0 Å². The third-order valence-electron chi connectivity index (χ3n) is 2.00. The van der Waals surface area contributed by atoms with E-state index in [2.05, 4.69) is 4.72 Å². The lowest BCUT2D eigenvalue weighted by Gasteiger charge is -2.03. The number of sulfonamides is 1. The Morgan fingerprint density at radius 2 is 2.27 bits per heavy atom. The maximum atomic E-state index is 11.2. The quantitative estimate of drug-likeness (QED) is 0.577. The molecule has 0 saturated heterocycles. The van der Waals surface area contributed by atoms with Crippen molar-refractivity contribution in [2.75, 3.05) is 6.54 Å². The molecule has 2 aliphatic rings. The minimum atomic E-state index is -3.10. The molecule has 0 bridgehead atoms. The fourth-order valence-electron chi connectivity index (χ4n) is 1.40. The van der Waals surface area contributed by atoms with Crippen LogP contribution in [0.25, 0.3) is 0 Å². The molecule has 0 saturated carbocycles. The fraction of sp³-hybridized carbons (Fsp3) is 0.429. The first kappa shape index (κ1) is 7.06. The minimum Gasteiger partial charge on any atom is -0.207 e. The summed E-state index contributed by atoms with van der Waals surface area (Å²) in [6.07, 6.45) is 5.46. The Morgan fingerprint density at radius 1 is 1.45 bits per heavy atom. The summed E-state index contributed by atoms with van der Waals surface area (Å²) >= 11 is 0. The van der Waals surface area contributed by atoms with Crippen LogP contribution in [0.1, 0.15) is 12.8 Å². The smallest absolute Gasteiger partial charge is 0.207 e. The van der Waals surface area contributed by atoms with Gasteiger partial charge in [-0.25, -0.2) is 13.1 Å². The van der Waals surface area contributed by atoms with Crippen molar-refractivity contribution in [1.82, 2.24) is 4.72 Å². The van der Waals surface area contributed by atoms with E-state index in [1.165, 1.54) is 0 Å². The number of hydrogen-bond acceptors (Lipinski definition) is 2. The van der Waals surface area contributed by atoms with Crippen LogP contribution < -0.4 is 4.72 Å². The van der Waals surface area contributed by atoms with Crippen LogP contribution in [0.4, 0.5) is 0 Å². The highest BCUT2D eigenvalue weighted by Gasteiger charge is 2.27. The van der Waals surface area contributed by atoms with E-state index in [1.807, 2.05) is 6.08 Å². The second kappa shape index (κ2) is 2.19. The van der Waals surface area contributed by atoms with Crippen molar-refractivity contribution in [2.24, 2.45) is 0 Å². The van der Waals surface area contributed by atoms with Gasteiger partial charge in [-0.05, 0) is 24.5 Å². The van der Waals surface area contributed by atoms with Gasteiger partial charge >= 0.3 is 0 Å². The Balaban J connectivity index is 2.53. The first-order valence-corrected chi connectivity index (χ1v) is 5.07. The highest BCUT2D eigenvalue weighted by Crippen LogP contribution is 2.26. The highest BCUT2D eigenvalue weighted by atomic mass is 32.2. The predicted octanol–water partition coefficient (Wildman–Crippen LogP) is 0.524. The summed E-state index contributed by atoms with van der Waals surface area (Å²) in [5.74, 6) is 0. The summed E-state index contributed by atoms with van der Waals surface area (Å²) in [4.78, 5) is 0.503. The van der Waals surface area contributed by atoms with E-state index in [4.69, 9.17) is 0 Å². The highest BCUT2D eigenvalue weighted by molar-refractivity contribution is 7.93. The van der Waals surface area contributed by atoms with Crippen molar-refractivity contribution in [3.05, 3.63) is 22.6 Å². The molecule has 2 rings (SSSR count). The zero-order valence-corrected chi connectivity index (χ0v) is 6.82. The average Bonchev–Trinajstić information content (AvgIpc) is 2.29. The Kier molecular flexibility index (Phi) is 1.40. The van der Waals surface area contributed by atoms with Crippen LogP contribution in [0.2, 0.25) is 0 Å². The maximum Gasteiger partial charge on any atom is 0.240 e. The molecule has 4 heteroatoms. The predicted molar refractivity (Wildman–Crippen MR) is 42.3 cm³/mol. The molecule has 0 unspecified atom stereocenters. The van der Waals surface area contributed by atoms with Crippen molar-refractivity contribution in [3.63, 3.8) is 0 Å². The minimum absolute atomic E-state index is 0.503. The molecule has 0 fully saturated rings. The summed E-state index contributed by atoms with van der Waals surface area (Å²) in [5, 5.41) is 0. The monoisotopic (exact) mass is 171 g/mol. The number of rotatable bonds is 0. The molecule has 0 aromatic carbocycles. The first-order chi connectivity index (χ1) is 5.20. The van der Waals surface area contributed by atoms with Gasteiger partial charge in [-0.3, -0.25) is 0 Å². The molecule has 0 amide bonds. The number of allylic oxidation sites excluding steroid dienone is 2. The Labute approximate surface area is 65.8 Å². The molecule has 0 spiro atoms. The third kappa shape index (κ3) is 1.02. The van der Waals surface area contributed by atoms with Crippen molar-refractivity contribution >= 4 is 10.0 Å². The Bertz CT molecular complexity index is 337. The molecule has 1 aliphatic heterocycles. The molecule has 11 heavy (non-hydrogen) atoms. The van der Waals surface area contributed by atoms with E-state index in [0.29, 0.717) is 11.4 Å². The molecular formula is C7H9NO2S. The van der Waals surface area contributed by atoms with Crippen molar-refractivity contribution in [1.29, 1.82) is 0 Å². The van der Waals surface area contributed by atoms with E-state index < -0.39 is 10.0 Å². The second-order valence-electron chi connectivity index (χ2n) is 2.73. The van der Waals surface area contributed by atoms with Crippen molar-refractivity contribution in [2.45, 2.75) is 12.8 Å². The van der Waals surface area contributed by atoms with Gasteiger partial charge in [-0.15, -0.1) is 0 Å². The summed E-state index contributed by atoms with van der Waals surface area (Å²) in [6.45, 7) is 0.516. The number of nitrogens with one attached hydrogen (secondary N) is 1. The zero-order chi connectivity index (χ0) is 7.90. The third-order valence-corrected chi connectivity index (χ3v) is 3.52. The zero-order valence-electron chi connectivity index (χ0n) is 6.00. The summed E-state index contributed by atoms with van der Waals surface area (Å²) in [6, 6.07) is 0. The van der Waals surface area contributed by atoms with Gasteiger partial charge in [0.05, 0.1) is 4.91 Å². The molecule has 1 N–H and O–H groups in total. The Hall–Kier alpha value is -0.610. The largest absolute Gasteiger partial charge is 0.240 e. The average molecular weight is 171 g/mol. The van der Waals surface area contributed by atoms with Crippen LogP contribution in [-0.4, -0.2) is 15.0 Å². The van der Waals surface area contributed by atoms with Gasteiger partial charge in [-0.2, -0.15) is 0 Å². The van der Waals surface area contributed by atoms with Gasteiger partial charge in [0, 0.05) is 6.54 Å². The molecule has 0 aromatic heterocycles. The SMILES string of the molecule is O=S1(=O)NCC2=C1C=CCC2. The second-order valence-corrected chi connectivity index (χ2v) is 4.47. The van der Waals surface area contributed by atoms with Crippen LogP contribution in [0.5, 0.6) is 0 Å². The molecule has 0 atom stereocenters. The van der Waals surface area contributed by atoms with E-state index in [9.17, 15) is 8.42 Å².